The molecule has 0 fully saturated rings. The number of hydrogen-bond acceptors (Lipinski definition) is 6. The lowest BCUT2D eigenvalue weighted by atomic mass is 10.1. The van der Waals surface area contributed by atoms with Crippen LogP contribution in [0, 0.1) is 0 Å². The molecule has 3 rings (SSSR count). The molecule has 0 amide bonds. The Hall–Kier alpha value is -3.13. The van der Waals surface area contributed by atoms with Crippen LogP contribution < -0.4 is 9.47 Å². The highest BCUT2D eigenvalue weighted by Crippen LogP contribution is 2.33. The van der Waals surface area contributed by atoms with Gasteiger partial charge in [-0.1, -0.05) is 31.2 Å². The van der Waals surface area contributed by atoms with Crippen LogP contribution in [0.2, 0.25) is 0 Å². The number of aliphatic hydroxyl groups excluding tert-OH is 1. The van der Waals surface area contributed by atoms with Gasteiger partial charge in [0.25, 0.3) is 0 Å². The number of allylic oxidation sites excluding steroid dienone is 1. The Bertz CT molecular complexity index is 1030. The SMILES string of the molecule is C=CCCC(O)CN(CCOC)Cc1c(CC)nn(-c2ccccc2)c1Oc1ccc(OC)cc1. The highest BCUT2D eigenvalue weighted by atomic mass is 16.5. The topological polar surface area (TPSA) is 69.0 Å². The predicted octanol–water partition coefficient (Wildman–Crippen LogP) is 5.01. The third-order valence-electron chi connectivity index (χ3n) is 5.80. The van der Waals surface area contributed by atoms with Crippen molar-refractivity contribution in [1.82, 2.24) is 14.7 Å². The van der Waals surface area contributed by atoms with Crippen LogP contribution in [0.25, 0.3) is 5.69 Å². The Morgan fingerprint density at radius 3 is 2.43 bits per heavy atom. The lowest BCUT2D eigenvalue weighted by Crippen LogP contribution is -2.34. The molecule has 0 aliphatic rings. The minimum Gasteiger partial charge on any atom is -0.497 e. The van der Waals surface area contributed by atoms with E-state index in [1.54, 1.807) is 14.2 Å². The van der Waals surface area contributed by atoms with Crippen LogP contribution in [-0.2, 0) is 17.7 Å². The van der Waals surface area contributed by atoms with Crippen LogP contribution in [0.1, 0.15) is 31.0 Å². The second kappa shape index (κ2) is 13.7. The van der Waals surface area contributed by atoms with Crippen LogP contribution >= 0.6 is 0 Å². The van der Waals surface area contributed by atoms with Crippen molar-refractivity contribution in [2.45, 2.75) is 38.8 Å². The Morgan fingerprint density at radius 1 is 1.09 bits per heavy atom. The molecule has 188 valence electrons. The molecule has 1 atom stereocenters. The second-order valence-corrected chi connectivity index (χ2v) is 8.36. The smallest absolute Gasteiger partial charge is 0.227 e. The highest BCUT2D eigenvalue weighted by molar-refractivity contribution is 5.44. The number of benzene rings is 2. The summed E-state index contributed by atoms with van der Waals surface area (Å²) in [7, 11) is 3.33. The lowest BCUT2D eigenvalue weighted by molar-refractivity contribution is 0.0804. The van der Waals surface area contributed by atoms with Gasteiger partial charge in [0, 0.05) is 26.7 Å². The van der Waals surface area contributed by atoms with Gasteiger partial charge in [-0.05, 0) is 55.7 Å². The Balaban J connectivity index is 1.99. The maximum atomic E-state index is 10.6. The van der Waals surface area contributed by atoms with E-state index in [-0.39, 0.29) is 0 Å². The van der Waals surface area contributed by atoms with E-state index in [9.17, 15) is 5.11 Å². The largest absolute Gasteiger partial charge is 0.497 e. The summed E-state index contributed by atoms with van der Waals surface area (Å²) in [5, 5.41) is 15.5. The third kappa shape index (κ3) is 7.42. The van der Waals surface area contributed by atoms with Crippen molar-refractivity contribution in [2.75, 3.05) is 33.9 Å². The van der Waals surface area contributed by atoms with Crippen molar-refractivity contribution in [1.29, 1.82) is 0 Å². The van der Waals surface area contributed by atoms with E-state index in [2.05, 4.69) is 18.4 Å². The molecule has 7 nitrogen and oxygen atoms in total. The average molecular weight is 480 g/mol. The maximum absolute atomic E-state index is 10.6. The van der Waals surface area contributed by atoms with Crippen LogP contribution in [0.4, 0.5) is 0 Å². The Kier molecular flexibility index (Phi) is 10.3. The molecule has 0 aliphatic heterocycles. The zero-order chi connectivity index (χ0) is 25.0. The molecule has 1 N–H and O–H groups in total. The van der Waals surface area contributed by atoms with Crippen LogP contribution in [-0.4, -0.2) is 59.8 Å². The quantitative estimate of drug-likeness (QED) is 0.309. The average Bonchev–Trinajstić information content (AvgIpc) is 3.23. The molecular formula is C28H37N3O4. The maximum Gasteiger partial charge on any atom is 0.227 e. The van der Waals surface area contributed by atoms with Crippen molar-refractivity contribution in [2.24, 2.45) is 0 Å². The van der Waals surface area contributed by atoms with Gasteiger partial charge in [0.2, 0.25) is 5.88 Å². The number of ether oxygens (including phenoxy) is 3. The summed E-state index contributed by atoms with van der Waals surface area (Å²) >= 11 is 0. The molecule has 0 saturated carbocycles. The first-order chi connectivity index (χ1) is 17.1. The van der Waals surface area contributed by atoms with Gasteiger partial charge in [0.1, 0.15) is 11.5 Å². The fourth-order valence-electron chi connectivity index (χ4n) is 3.90. The zero-order valence-corrected chi connectivity index (χ0v) is 21.0. The minimum atomic E-state index is -0.454. The number of nitrogens with zero attached hydrogens (tertiary/aromatic N) is 3. The van der Waals surface area contributed by atoms with Crippen molar-refractivity contribution in [3.05, 3.63) is 78.5 Å². The Labute approximate surface area is 208 Å². The summed E-state index contributed by atoms with van der Waals surface area (Å²) in [6, 6.07) is 17.5. The molecule has 0 bridgehead atoms. The van der Waals surface area contributed by atoms with E-state index >= 15 is 0 Å². The molecule has 0 spiro atoms. The van der Waals surface area contributed by atoms with E-state index in [0.29, 0.717) is 44.3 Å². The molecule has 7 heteroatoms. The normalized spacial score (nSPS) is 12.0. The monoisotopic (exact) mass is 479 g/mol. The van der Waals surface area contributed by atoms with Crippen LogP contribution in [0.3, 0.4) is 0 Å². The van der Waals surface area contributed by atoms with Gasteiger partial charge in [0.05, 0.1) is 36.8 Å². The standard InChI is InChI=1S/C28H37N3O4/c1-5-7-13-23(32)20-30(18-19-33-3)21-26-27(6-2)29-31(22-11-9-8-10-12-22)28(26)35-25-16-14-24(34-4)15-17-25/h5,8-12,14-17,23,32H,1,6-7,13,18-21H2,2-4H3. The summed E-state index contributed by atoms with van der Waals surface area (Å²) < 4.78 is 19.0. The summed E-state index contributed by atoms with van der Waals surface area (Å²) in [6.45, 7) is 8.22. The highest BCUT2D eigenvalue weighted by Gasteiger charge is 2.23. The second-order valence-electron chi connectivity index (χ2n) is 8.36. The van der Waals surface area contributed by atoms with Gasteiger partial charge in [-0.2, -0.15) is 5.10 Å². The van der Waals surface area contributed by atoms with Gasteiger partial charge in [-0.3, -0.25) is 4.90 Å². The predicted molar refractivity (Wildman–Crippen MR) is 139 cm³/mol. The zero-order valence-electron chi connectivity index (χ0n) is 21.0. The van der Waals surface area contributed by atoms with Gasteiger partial charge in [0.15, 0.2) is 0 Å². The van der Waals surface area contributed by atoms with E-state index in [0.717, 1.165) is 35.5 Å². The summed E-state index contributed by atoms with van der Waals surface area (Å²) in [6.07, 6.45) is 3.59. The van der Waals surface area contributed by atoms with Gasteiger partial charge < -0.3 is 19.3 Å². The number of aromatic nitrogens is 2. The fourth-order valence-corrected chi connectivity index (χ4v) is 3.90. The third-order valence-corrected chi connectivity index (χ3v) is 5.80. The summed E-state index contributed by atoms with van der Waals surface area (Å²) in [4.78, 5) is 2.20. The lowest BCUT2D eigenvalue weighted by Gasteiger charge is -2.25. The minimum absolute atomic E-state index is 0.454. The fraction of sp³-hybridized carbons (Fsp3) is 0.393. The van der Waals surface area contributed by atoms with Crippen molar-refractivity contribution in [3.63, 3.8) is 0 Å². The molecule has 3 aromatic rings. The number of hydrogen-bond donors (Lipinski definition) is 1. The molecule has 0 aliphatic carbocycles. The van der Waals surface area contributed by atoms with E-state index in [1.807, 2.05) is 65.4 Å². The number of aliphatic hydroxyl groups is 1. The number of aryl methyl sites for hydroxylation is 1. The van der Waals surface area contributed by atoms with Gasteiger partial charge >= 0.3 is 0 Å². The van der Waals surface area contributed by atoms with Crippen LogP contribution in [0.15, 0.2) is 67.3 Å². The van der Waals surface area contributed by atoms with Gasteiger partial charge in [-0.15, -0.1) is 6.58 Å². The molecule has 0 saturated heterocycles. The van der Waals surface area contributed by atoms with E-state index in [1.165, 1.54) is 0 Å². The molecular weight excluding hydrogens is 442 g/mol. The van der Waals surface area contributed by atoms with Gasteiger partial charge in [-0.25, -0.2) is 4.68 Å². The summed E-state index contributed by atoms with van der Waals surface area (Å²) in [5.41, 5.74) is 2.88. The molecule has 1 unspecified atom stereocenters. The van der Waals surface area contributed by atoms with Crippen LogP contribution in [0.5, 0.6) is 17.4 Å². The Morgan fingerprint density at radius 2 is 1.80 bits per heavy atom. The first kappa shape index (κ1) is 26.5. The first-order valence-corrected chi connectivity index (χ1v) is 12.1. The summed E-state index contributed by atoms with van der Waals surface area (Å²) in [5.74, 6) is 2.13. The number of para-hydroxylation sites is 1. The number of methoxy groups -OCH3 is 2. The molecule has 1 aromatic heterocycles. The molecule has 0 radical (unpaired) electrons. The van der Waals surface area contributed by atoms with Crippen molar-refractivity contribution >= 4 is 0 Å². The van der Waals surface area contributed by atoms with E-state index in [4.69, 9.17) is 19.3 Å². The first-order valence-electron chi connectivity index (χ1n) is 12.1. The van der Waals surface area contributed by atoms with E-state index < -0.39 is 6.10 Å². The van der Waals surface area contributed by atoms with Crippen molar-refractivity contribution in [3.8, 4) is 23.1 Å². The molecule has 2 aromatic carbocycles. The molecule has 1 heterocycles. The number of rotatable bonds is 15. The van der Waals surface area contributed by atoms with Crippen molar-refractivity contribution < 1.29 is 19.3 Å². The molecule has 35 heavy (non-hydrogen) atoms.